The van der Waals surface area contributed by atoms with Crippen LogP contribution >= 0.6 is 0 Å². The van der Waals surface area contributed by atoms with Gasteiger partial charge in [-0.1, -0.05) is 6.07 Å². The molecule has 0 unspecified atom stereocenters. The van der Waals surface area contributed by atoms with Crippen molar-refractivity contribution >= 4 is 23.0 Å². The Morgan fingerprint density at radius 1 is 0.923 bits per heavy atom. The first kappa shape index (κ1) is 17.5. The Balaban J connectivity index is 1.70. The predicted octanol–water partition coefficient (Wildman–Crippen LogP) is 4.97. The van der Waals surface area contributed by atoms with E-state index in [0.29, 0.717) is 6.07 Å². The Kier molecular flexibility index (Phi) is 4.93. The maximum atomic E-state index is 13.6. The van der Waals surface area contributed by atoms with Gasteiger partial charge in [0.05, 0.1) is 17.6 Å². The molecule has 0 aliphatic rings. The van der Waals surface area contributed by atoms with E-state index in [-0.39, 0.29) is 11.4 Å². The molecule has 26 heavy (non-hydrogen) atoms. The number of nitrogens with zero attached hydrogens (tertiary/aromatic N) is 1. The molecule has 0 radical (unpaired) electrons. The third-order valence-electron chi connectivity index (χ3n) is 3.97. The first-order valence-corrected chi connectivity index (χ1v) is 7.99. The summed E-state index contributed by atoms with van der Waals surface area (Å²) in [5.41, 5.74) is 4.03. The molecule has 1 amide bonds. The Morgan fingerprint density at radius 3 is 2.35 bits per heavy atom. The van der Waals surface area contributed by atoms with E-state index >= 15 is 0 Å². The van der Waals surface area contributed by atoms with Gasteiger partial charge in [0.15, 0.2) is 0 Å². The highest BCUT2D eigenvalue weighted by atomic mass is 19.1. The summed E-state index contributed by atoms with van der Waals surface area (Å²) in [6.07, 6.45) is 1.52. The van der Waals surface area contributed by atoms with Gasteiger partial charge in [-0.3, -0.25) is 4.79 Å². The van der Waals surface area contributed by atoms with Crippen LogP contribution in [0.3, 0.4) is 0 Å². The number of rotatable bonds is 4. The van der Waals surface area contributed by atoms with E-state index in [0.717, 1.165) is 23.5 Å². The summed E-state index contributed by atoms with van der Waals surface area (Å²) >= 11 is 0. The van der Waals surface area contributed by atoms with Crippen LogP contribution in [-0.2, 0) is 0 Å². The van der Waals surface area contributed by atoms with Gasteiger partial charge in [0.1, 0.15) is 17.3 Å². The minimum Gasteiger partial charge on any atom is -0.354 e. The number of carbonyl (C=O) groups is 1. The van der Waals surface area contributed by atoms with E-state index < -0.39 is 17.5 Å². The van der Waals surface area contributed by atoms with Gasteiger partial charge in [-0.2, -0.15) is 0 Å². The zero-order chi connectivity index (χ0) is 18.7. The Labute approximate surface area is 149 Å². The van der Waals surface area contributed by atoms with Crippen molar-refractivity contribution in [3.05, 3.63) is 83.2 Å². The third-order valence-corrected chi connectivity index (χ3v) is 3.97. The van der Waals surface area contributed by atoms with E-state index in [9.17, 15) is 13.6 Å². The number of aryl methyl sites for hydroxylation is 2. The molecule has 0 bridgehead atoms. The second-order valence-corrected chi connectivity index (χ2v) is 5.93. The van der Waals surface area contributed by atoms with Crippen LogP contribution in [0.2, 0.25) is 0 Å². The Morgan fingerprint density at radius 2 is 1.69 bits per heavy atom. The lowest BCUT2D eigenvalue weighted by atomic mass is 10.1. The van der Waals surface area contributed by atoms with Crippen LogP contribution in [0.5, 0.6) is 0 Å². The molecule has 0 aliphatic carbocycles. The molecule has 0 atom stereocenters. The summed E-state index contributed by atoms with van der Waals surface area (Å²) in [4.78, 5) is 16.2. The molecule has 3 rings (SSSR count). The first-order chi connectivity index (χ1) is 12.4. The van der Waals surface area contributed by atoms with Crippen molar-refractivity contribution in [3.63, 3.8) is 0 Å². The lowest BCUT2D eigenvalue weighted by molar-refractivity contribution is 0.102. The molecule has 0 saturated heterocycles. The van der Waals surface area contributed by atoms with Crippen molar-refractivity contribution < 1.29 is 13.6 Å². The monoisotopic (exact) mass is 353 g/mol. The van der Waals surface area contributed by atoms with Crippen molar-refractivity contribution in [3.8, 4) is 0 Å². The number of halogens is 2. The van der Waals surface area contributed by atoms with Crippen molar-refractivity contribution in [2.24, 2.45) is 0 Å². The lowest BCUT2D eigenvalue weighted by Gasteiger charge is -2.09. The van der Waals surface area contributed by atoms with E-state index in [4.69, 9.17) is 0 Å². The lowest BCUT2D eigenvalue weighted by Crippen LogP contribution is -2.14. The quantitative estimate of drug-likeness (QED) is 0.696. The summed E-state index contributed by atoms with van der Waals surface area (Å²) in [5, 5.41) is 5.58. The summed E-state index contributed by atoms with van der Waals surface area (Å²) in [5.74, 6) is -2.12. The van der Waals surface area contributed by atoms with Gasteiger partial charge in [0, 0.05) is 11.8 Å². The Bertz CT molecular complexity index is 956. The highest BCUT2D eigenvalue weighted by molar-refractivity contribution is 6.03. The van der Waals surface area contributed by atoms with Crippen LogP contribution in [0.15, 0.2) is 54.7 Å². The number of hydrogen-bond donors (Lipinski definition) is 2. The predicted molar refractivity (Wildman–Crippen MR) is 97.7 cm³/mol. The van der Waals surface area contributed by atoms with Crippen LogP contribution in [-0.4, -0.2) is 10.9 Å². The number of hydrogen-bond acceptors (Lipinski definition) is 3. The minimum atomic E-state index is -0.841. The van der Waals surface area contributed by atoms with Gasteiger partial charge < -0.3 is 10.6 Å². The standard InChI is InChI=1S/C20H17F2N3O/c1-12-3-5-15(9-13(12)2)24-16-6-8-19(23-11-16)20(26)25-18-7-4-14(21)10-17(18)22/h3-11,24H,1-2H3,(H,25,26). The van der Waals surface area contributed by atoms with E-state index in [1.165, 1.54) is 23.4 Å². The number of amides is 1. The molecule has 1 heterocycles. The van der Waals surface area contributed by atoms with E-state index in [1.807, 2.05) is 32.0 Å². The fourth-order valence-electron chi connectivity index (χ4n) is 2.37. The molecule has 0 saturated carbocycles. The fourth-order valence-corrected chi connectivity index (χ4v) is 2.37. The number of aromatic nitrogens is 1. The number of anilines is 3. The molecule has 2 aromatic carbocycles. The maximum absolute atomic E-state index is 13.6. The van der Waals surface area contributed by atoms with Gasteiger partial charge in [0.2, 0.25) is 0 Å². The molecule has 1 aromatic heterocycles. The third kappa shape index (κ3) is 4.03. The van der Waals surface area contributed by atoms with E-state index in [2.05, 4.69) is 15.6 Å². The molecular weight excluding hydrogens is 336 g/mol. The van der Waals surface area contributed by atoms with Crippen molar-refractivity contribution in [2.45, 2.75) is 13.8 Å². The van der Waals surface area contributed by atoms with Gasteiger partial charge in [0.25, 0.3) is 5.91 Å². The zero-order valence-electron chi connectivity index (χ0n) is 14.3. The largest absolute Gasteiger partial charge is 0.354 e. The number of carbonyl (C=O) groups excluding carboxylic acids is 1. The van der Waals surface area contributed by atoms with Gasteiger partial charge >= 0.3 is 0 Å². The summed E-state index contributed by atoms with van der Waals surface area (Å²) < 4.78 is 26.5. The molecular formula is C20H17F2N3O. The first-order valence-electron chi connectivity index (χ1n) is 7.99. The molecule has 2 N–H and O–H groups in total. The SMILES string of the molecule is Cc1ccc(Nc2ccc(C(=O)Nc3ccc(F)cc3F)nc2)cc1C. The maximum Gasteiger partial charge on any atom is 0.274 e. The molecule has 0 aliphatic heterocycles. The number of nitrogens with one attached hydrogen (secondary N) is 2. The van der Waals surface area contributed by atoms with Gasteiger partial charge in [-0.25, -0.2) is 13.8 Å². The average molecular weight is 353 g/mol. The van der Waals surface area contributed by atoms with Crippen LogP contribution in [0.4, 0.5) is 25.8 Å². The highest BCUT2D eigenvalue weighted by Crippen LogP contribution is 2.20. The fraction of sp³-hybridized carbons (Fsp3) is 0.100. The molecule has 132 valence electrons. The van der Waals surface area contributed by atoms with Gasteiger partial charge in [-0.15, -0.1) is 0 Å². The minimum absolute atomic E-state index is 0.101. The molecule has 4 nitrogen and oxygen atoms in total. The van der Waals surface area contributed by atoms with Crippen LogP contribution in [0.1, 0.15) is 21.6 Å². The molecule has 6 heteroatoms. The highest BCUT2D eigenvalue weighted by Gasteiger charge is 2.11. The van der Waals surface area contributed by atoms with E-state index in [1.54, 1.807) is 6.07 Å². The topological polar surface area (TPSA) is 54.0 Å². The number of benzene rings is 2. The molecule has 3 aromatic rings. The molecule has 0 spiro atoms. The van der Waals surface area contributed by atoms with Crippen molar-refractivity contribution in [1.82, 2.24) is 4.98 Å². The Hall–Kier alpha value is -3.28. The van der Waals surface area contributed by atoms with Crippen molar-refractivity contribution in [1.29, 1.82) is 0 Å². The molecule has 0 fully saturated rings. The summed E-state index contributed by atoms with van der Waals surface area (Å²) in [6, 6.07) is 12.2. The normalized spacial score (nSPS) is 10.5. The van der Waals surface area contributed by atoms with Crippen LogP contribution < -0.4 is 10.6 Å². The van der Waals surface area contributed by atoms with Crippen molar-refractivity contribution in [2.75, 3.05) is 10.6 Å². The van der Waals surface area contributed by atoms with Gasteiger partial charge in [-0.05, 0) is 61.4 Å². The summed E-state index contributed by atoms with van der Waals surface area (Å²) in [7, 11) is 0. The smallest absolute Gasteiger partial charge is 0.274 e. The van der Waals surface area contributed by atoms with Crippen LogP contribution in [0, 0.1) is 25.5 Å². The zero-order valence-corrected chi connectivity index (χ0v) is 14.3. The average Bonchev–Trinajstić information content (AvgIpc) is 2.61. The van der Waals surface area contributed by atoms with Crippen LogP contribution in [0.25, 0.3) is 0 Å². The number of pyridine rings is 1. The second-order valence-electron chi connectivity index (χ2n) is 5.93. The summed E-state index contributed by atoms with van der Waals surface area (Å²) in [6.45, 7) is 4.07. The second kappa shape index (κ2) is 7.31.